The number of nitrogens with one attached hydrogen (secondary N) is 1. The molecule has 0 bridgehead atoms. The Bertz CT molecular complexity index is 424. The Morgan fingerprint density at radius 3 is 2.55 bits per heavy atom. The van der Waals surface area contributed by atoms with Crippen molar-refractivity contribution in [1.29, 1.82) is 0 Å². The van der Waals surface area contributed by atoms with Crippen LogP contribution < -0.4 is 11.1 Å². The summed E-state index contributed by atoms with van der Waals surface area (Å²) in [6.07, 6.45) is 6.68. The molecule has 2 rings (SSSR count). The summed E-state index contributed by atoms with van der Waals surface area (Å²) in [7, 11) is 2.02. The monoisotopic (exact) mass is 275 g/mol. The molecule has 0 aromatic heterocycles. The summed E-state index contributed by atoms with van der Waals surface area (Å²) < 4.78 is 0. The zero-order valence-corrected chi connectivity index (χ0v) is 12.3. The first-order valence-corrected chi connectivity index (χ1v) is 7.47. The molecule has 3 N–H and O–H groups in total. The Kier molecular flexibility index (Phi) is 5.41. The number of likely N-dealkylation sites (N-methyl/N-ethyl adjacent to an activating group) is 1. The summed E-state index contributed by atoms with van der Waals surface area (Å²) in [6.45, 7) is 1.47. The van der Waals surface area contributed by atoms with E-state index in [1.807, 2.05) is 19.2 Å². The Balaban J connectivity index is 1.74. The zero-order valence-electron chi connectivity index (χ0n) is 12.3. The fourth-order valence-electron chi connectivity index (χ4n) is 2.89. The lowest BCUT2D eigenvalue weighted by Gasteiger charge is -2.26. The number of amides is 1. The molecule has 4 nitrogen and oxygen atoms in total. The van der Waals surface area contributed by atoms with Gasteiger partial charge in [-0.2, -0.15) is 0 Å². The van der Waals surface area contributed by atoms with Crippen molar-refractivity contribution in [3.05, 3.63) is 24.3 Å². The molecule has 0 spiro atoms. The molecule has 1 amide bonds. The van der Waals surface area contributed by atoms with Crippen LogP contribution in [0.5, 0.6) is 0 Å². The Morgan fingerprint density at radius 2 is 1.90 bits per heavy atom. The molecule has 0 aliphatic heterocycles. The van der Waals surface area contributed by atoms with Crippen LogP contribution in [0.25, 0.3) is 0 Å². The minimum atomic E-state index is 0.0353. The summed E-state index contributed by atoms with van der Waals surface area (Å²) in [6, 6.07) is 7.24. The van der Waals surface area contributed by atoms with Gasteiger partial charge in [0.25, 0.3) is 0 Å². The molecular formula is C16H25N3O. The quantitative estimate of drug-likeness (QED) is 0.812. The molecule has 0 unspecified atom stereocenters. The van der Waals surface area contributed by atoms with Crippen LogP contribution in [-0.2, 0) is 4.79 Å². The van der Waals surface area contributed by atoms with Crippen LogP contribution in [0.4, 0.5) is 11.4 Å². The normalized spacial score (nSPS) is 16.3. The molecule has 110 valence electrons. The Hall–Kier alpha value is -1.55. The van der Waals surface area contributed by atoms with Gasteiger partial charge in [0.15, 0.2) is 0 Å². The van der Waals surface area contributed by atoms with E-state index in [1.165, 1.54) is 32.1 Å². The predicted octanol–water partition coefficient (Wildman–Crippen LogP) is 2.72. The van der Waals surface area contributed by atoms with Crippen LogP contribution in [0, 0.1) is 5.92 Å². The van der Waals surface area contributed by atoms with Gasteiger partial charge in [0.05, 0.1) is 6.54 Å². The van der Waals surface area contributed by atoms with Gasteiger partial charge in [0.2, 0.25) is 5.91 Å². The highest BCUT2D eigenvalue weighted by atomic mass is 16.2. The molecule has 1 aliphatic carbocycles. The summed E-state index contributed by atoms with van der Waals surface area (Å²) in [5.74, 6) is 0.797. The minimum absolute atomic E-state index is 0.0353. The maximum absolute atomic E-state index is 12.0. The van der Waals surface area contributed by atoms with Gasteiger partial charge < -0.3 is 11.1 Å². The van der Waals surface area contributed by atoms with Crippen molar-refractivity contribution in [2.75, 3.05) is 31.2 Å². The average molecular weight is 275 g/mol. The minimum Gasteiger partial charge on any atom is -0.399 e. The second-order valence-corrected chi connectivity index (χ2v) is 5.87. The lowest BCUT2D eigenvalue weighted by molar-refractivity contribution is -0.117. The fourth-order valence-corrected chi connectivity index (χ4v) is 2.89. The maximum atomic E-state index is 12.0. The molecule has 1 aromatic rings. The van der Waals surface area contributed by atoms with Crippen molar-refractivity contribution in [3.63, 3.8) is 0 Å². The topological polar surface area (TPSA) is 58.4 Å². The van der Waals surface area contributed by atoms with Gasteiger partial charge in [0, 0.05) is 17.9 Å². The average Bonchev–Trinajstić information content (AvgIpc) is 2.42. The second-order valence-electron chi connectivity index (χ2n) is 5.87. The van der Waals surface area contributed by atoms with E-state index in [0.717, 1.165) is 18.2 Å². The first-order chi connectivity index (χ1) is 9.63. The van der Waals surface area contributed by atoms with Crippen LogP contribution in [0.2, 0.25) is 0 Å². The first-order valence-electron chi connectivity index (χ1n) is 7.47. The third-order valence-corrected chi connectivity index (χ3v) is 3.90. The van der Waals surface area contributed by atoms with Gasteiger partial charge in [-0.15, -0.1) is 0 Å². The smallest absolute Gasteiger partial charge is 0.238 e. The van der Waals surface area contributed by atoms with E-state index >= 15 is 0 Å². The number of benzene rings is 1. The Labute approximate surface area is 121 Å². The van der Waals surface area contributed by atoms with E-state index in [0.29, 0.717) is 12.2 Å². The molecule has 0 saturated heterocycles. The number of carbonyl (C=O) groups excluding carboxylic acids is 1. The van der Waals surface area contributed by atoms with Gasteiger partial charge in [0.1, 0.15) is 0 Å². The molecule has 1 aromatic carbocycles. The van der Waals surface area contributed by atoms with Crippen LogP contribution >= 0.6 is 0 Å². The number of nitrogens with zero attached hydrogens (tertiary/aromatic N) is 1. The van der Waals surface area contributed by atoms with Crippen molar-refractivity contribution in [2.45, 2.75) is 32.1 Å². The maximum Gasteiger partial charge on any atom is 0.238 e. The number of hydrogen-bond acceptors (Lipinski definition) is 3. The lowest BCUT2D eigenvalue weighted by Crippen LogP contribution is -2.34. The number of rotatable bonds is 5. The molecule has 0 radical (unpaired) electrons. The first kappa shape index (κ1) is 14.9. The molecule has 20 heavy (non-hydrogen) atoms. The summed E-state index contributed by atoms with van der Waals surface area (Å²) in [5.41, 5.74) is 7.13. The van der Waals surface area contributed by atoms with Gasteiger partial charge >= 0.3 is 0 Å². The molecule has 1 aliphatic rings. The highest BCUT2D eigenvalue weighted by Gasteiger charge is 2.16. The predicted molar refractivity (Wildman–Crippen MR) is 83.6 cm³/mol. The van der Waals surface area contributed by atoms with Gasteiger partial charge in [-0.1, -0.05) is 19.3 Å². The van der Waals surface area contributed by atoms with Gasteiger partial charge in [-0.05, 0) is 50.1 Å². The van der Waals surface area contributed by atoms with Crippen molar-refractivity contribution in [2.24, 2.45) is 5.92 Å². The molecule has 1 fully saturated rings. The fraction of sp³-hybridized carbons (Fsp3) is 0.562. The molecule has 0 atom stereocenters. The van der Waals surface area contributed by atoms with Crippen molar-refractivity contribution >= 4 is 17.3 Å². The largest absolute Gasteiger partial charge is 0.399 e. The van der Waals surface area contributed by atoms with Gasteiger partial charge in [-0.25, -0.2) is 0 Å². The number of nitrogens with two attached hydrogens (primary N) is 1. The standard InChI is InChI=1S/C16H25N3O/c1-19(11-13-5-3-2-4-6-13)12-16(20)18-15-9-7-14(17)8-10-15/h7-10,13H,2-6,11-12,17H2,1H3,(H,18,20). The van der Waals surface area contributed by atoms with E-state index in [2.05, 4.69) is 10.2 Å². The molecule has 1 saturated carbocycles. The number of hydrogen-bond donors (Lipinski definition) is 2. The highest BCUT2D eigenvalue weighted by Crippen LogP contribution is 2.24. The van der Waals surface area contributed by atoms with E-state index in [1.54, 1.807) is 12.1 Å². The third-order valence-electron chi connectivity index (χ3n) is 3.90. The number of carbonyl (C=O) groups is 1. The van der Waals surface area contributed by atoms with E-state index in [9.17, 15) is 4.79 Å². The zero-order chi connectivity index (χ0) is 14.4. The number of nitrogen functional groups attached to an aromatic ring is 1. The van der Waals surface area contributed by atoms with Gasteiger partial charge in [-0.3, -0.25) is 9.69 Å². The van der Waals surface area contributed by atoms with Crippen molar-refractivity contribution < 1.29 is 4.79 Å². The molecule has 4 heteroatoms. The highest BCUT2D eigenvalue weighted by molar-refractivity contribution is 5.92. The summed E-state index contributed by atoms with van der Waals surface area (Å²) >= 11 is 0. The SMILES string of the molecule is CN(CC(=O)Nc1ccc(N)cc1)CC1CCCCC1. The van der Waals surface area contributed by atoms with Crippen molar-refractivity contribution in [1.82, 2.24) is 4.90 Å². The summed E-state index contributed by atoms with van der Waals surface area (Å²) in [4.78, 5) is 14.1. The van der Waals surface area contributed by atoms with E-state index < -0.39 is 0 Å². The van der Waals surface area contributed by atoms with Crippen LogP contribution in [0.15, 0.2) is 24.3 Å². The van der Waals surface area contributed by atoms with Crippen LogP contribution in [-0.4, -0.2) is 30.9 Å². The van der Waals surface area contributed by atoms with Crippen LogP contribution in [0.3, 0.4) is 0 Å². The summed E-state index contributed by atoms with van der Waals surface area (Å²) in [5, 5.41) is 2.90. The van der Waals surface area contributed by atoms with Crippen molar-refractivity contribution in [3.8, 4) is 0 Å². The second kappa shape index (κ2) is 7.29. The van der Waals surface area contributed by atoms with E-state index in [-0.39, 0.29) is 5.91 Å². The van der Waals surface area contributed by atoms with Crippen LogP contribution in [0.1, 0.15) is 32.1 Å². The molecule has 0 heterocycles. The van der Waals surface area contributed by atoms with E-state index in [4.69, 9.17) is 5.73 Å². The lowest BCUT2D eigenvalue weighted by atomic mass is 9.89. The molecular weight excluding hydrogens is 250 g/mol. The third kappa shape index (κ3) is 4.85. The Morgan fingerprint density at radius 1 is 1.25 bits per heavy atom. The number of anilines is 2.